The van der Waals surface area contributed by atoms with E-state index in [4.69, 9.17) is 4.74 Å². The lowest BCUT2D eigenvalue weighted by Crippen LogP contribution is -2.43. The number of anilines is 1. The van der Waals surface area contributed by atoms with Crippen LogP contribution >= 0.6 is 0 Å². The molecular weight excluding hydrogens is 354 g/mol. The van der Waals surface area contributed by atoms with Crippen LogP contribution in [0.5, 0.6) is 5.75 Å². The molecule has 2 N–H and O–H groups in total. The molecule has 0 fully saturated rings. The molecule has 148 valence electrons. The van der Waals surface area contributed by atoms with Crippen LogP contribution in [0.3, 0.4) is 0 Å². The number of rotatable bonds is 8. The molecule has 0 bridgehead atoms. The Kier molecular flexibility index (Phi) is 7.63. The van der Waals surface area contributed by atoms with Crippen molar-refractivity contribution in [2.45, 2.75) is 20.4 Å². The van der Waals surface area contributed by atoms with Crippen molar-refractivity contribution in [3.8, 4) is 5.75 Å². The number of hydrogen-bond acceptors (Lipinski definition) is 4. The lowest BCUT2D eigenvalue weighted by molar-refractivity contribution is -0.118. The van der Waals surface area contributed by atoms with E-state index in [0.717, 1.165) is 22.6 Å². The van der Waals surface area contributed by atoms with Crippen LogP contribution in [0.4, 0.5) is 10.5 Å². The Morgan fingerprint density at radius 3 is 2.57 bits per heavy atom. The SMILES string of the molecule is C=CCOc1ccccc1CN(CC(=O)NC(=O)NC)c1ccc(C)c(C)c1. The van der Waals surface area contributed by atoms with Crippen molar-refractivity contribution in [1.82, 2.24) is 10.6 Å². The van der Waals surface area contributed by atoms with Gasteiger partial charge in [-0.3, -0.25) is 10.1 Å². The number of imide groups is 1. The number of hydrogen-bond donors (Lipinski definition) is 2. The number of benzene rings is 2. The minimum absolute atomic E-state index is 0.0334. The van der Waals surface area contributed by atoms with Gasteiger partial charge in [0.2, 0.25) is 5.91 Å². The van der Waals surface area contributed by atoms with Crippen LogP contribution in [-0.2, 0) is 11.3 Å². The van der Waals surface area contributed by atoms with Crippen molar-refractivity contribution < 1.29 is 14.3 Å². The minimum Gasteiger partial charge on any atom is -0.489 e. The van der Waals surface area contributed by atoms with Gasteiger partial charge in [-0.1, -0.05) is 36.9 Å². The van der Waals surface area contributed by atoms with Crippen LogP contribution in [0, 0.1) is 13.8 Å². The van der Waals surface area contributed by atoms with Crippen LogP contribution < -0.4 is 20.3 Å². The molecule has 2 aromatic rings. The van der Waals surface area contributed by atoms with E-state index >= 15 is 0 Å². The maximum absolute atomic E-state index is 12.3. The lowest BCUT2D eigenvalue weighted by atomic mass is 10.1. The standard InChI is InChI=1S/C22H27N3O3/c1-5-12-28-20-9-7-6-8-18(20)14-25(15-21(26)24-22(27)23-4)19-11-10-16(2)17(3)13-19/h5-11,13H,1,12,14-15H2,2-4H3,(H2,23,24,26,27). The first-order valence-electron chi connectivity index (χ1n) is 9.10. The predicted octanol–water partition coefficient (Wildman–Crippen LogP) is 3.33. The number of carbonyl (C=O) groups excluding carboxylic acids is 2. The molecule has 0 heterocycles. The van der Waals surface area contributed by atoms with Crippen LogP contribution in [0.1, 0.15) is 16.7 Å². The summed E-state index contributed by atoms with van der Waals surface area (Å²) >= 11 is 0. The molecule has 0 spiro atoms. The molecule has 0 unspecified atom stereocenters. The first-order chi connectivity index (χ1) is 13.4. The maximum Gasteiger partial charge on any atom is 0.321 e. The summed E-state index contributed by atoms with van der Waals surface area (Å²) in [6.07, 6.45) is 1.69. The van der Waals surface area contributed by atoms with Crippen molar-refractivity contribution in [1.29, 1.82) is 0 Å². The van der Waals surface area contributed by atoms with Gasteiger partial charge in [0.25, 0.3) is 0 Å². The number of nitrogens with zero attached hydrogens (tertiary/aromatic N) is 1. The minimum atomic E-state index is -0.528. The van der Waals surface area contributed by atoms with Crippen molar-refractivity contribution in [3.63, 3.8) is 0 Å². The number of amides is 3. The number of ether oxygens (including phenoxy) is 1. The summed E-state index contributed by atoms with van der Waals surface area (Å²) in [6.45, 7) is 8.64. The van der Waals surface area contributed by atoms with E-state index in [1.807, 2.05) is 61.2 Å². The Hall–Kier alpha value is -3.28. The molecule has 28 heavy (non-hydrogen) atoms. The molecule has 6 nitrogen and oxygen atoms in total. The van der Waals surface area contributed by atoms with Crippen molar-refractivity contribution in [2.24, 2.45) is 0 Å². The van der Waals surface area contributed by atoms with E-state index in [-0.39, 0.29) is 12.5 Å². The zero-order chi connectivity index (χ0) is 20.5. The molecule has 0 aromatic heterocycles. The molecule has 6 heteroatoms. The quantitative estimate of drug-likeness (QED) is 0.688. The van der Waals surface area contributed by atoms with Gasteiger partial charge in [0.1, 0.15) is 12.4 Å². The summed E-state index contributed by atoms with van der Waals surface area (Å²) in [7, 11) is 1.47. The summed E-state index contributed by atoms with van der Waals surface area (Å²) in [6, 6.07) is 13.2. The van der Waals surface area contributed by atoms with Gasteiger partial charge < -0.3 is 15.0 Å². The van der Waals surface area contributed by atoms with Crippen molar-refractivity contribution >= 4 is 17.6 Å². The Morgan fingerprint density at radius 2 is 1.89 bits per heavy atom. The molecular formula is C22H27N3O3. The number of aryl methyl sites for hydroxylation is 2. The number of nitrogens with one attached hydrogen (secondary N) is 2. The smallest absolute Gasteiger partial charge is 0.321 e. The van der Waals surface area contributed by atoms with Crippen LogP contribution in [0.25, 0.3) is 0 Å². The van der Waals surface area contributed by atoms with Gasteiger partial charge in [0.15, 0.2) is 0 Å². The molecule has 0 saturated carbocycles. The Bertz CT molecular complexity index is 849. The first kappa shape index (κ1) is 21.0. The summed E-state index contributed by atoms with van der Waals surface area (Å²) in [5.41, 5.74) is 4.14. The van der Waals surface area contributed by atoms with E-state index in [2.05, 4.69) is 17.2 Å². The second-order valence-electron chi connectivity index (χ2n) is 6.46. The number of para-hydroxylation sites is 1. The van der Waals surface area contributed by atoms with Gasteiger partial charge in [-0.05, 0) is 43.2 Å². The zero-order valence-corrected chi connectivity index (χ0v) is 16.6. The second-order valence-corrected chi connectivity index (χ2v) is 6.46. The monoisotopic (exact) mass is 381 g/mol. The second kappa shape index (κ2) is 10.2. The Labute approximate surface area is 166 Å². The molecule has 2 aromatic carbocycles. The largest absolute Gasteiger partial charge is 0.489 e. The average Bonchev–Trinajstić information content (AvgIpc) is 2.68. The van der Waals surface area contributed by atoms with Gasteiger partial charge in [-0.2, -0.15) is 0 Å². The van der Waals surface area contributed by atoms with Gasteiger partial charge >= 0.3 is 6.03 Å². The van der Waals surface area contributed by atoms with Gasteiger partial charge in [0, 0.05) is 24.8 Å². The highest BCUT2D eigenvalue weighted by molar-refractivity contribution is 5.96. The van der Waals surface area contributed by atoms with Crippen LogP contribution in [0.15, 0.2) is 55.1 Å². The Balaban J connectivity index is 2.30. The van der Waals surface area contributed by atoms with E-state index in [9.17, 15) is 9.59 Å². The third-order valence-electron chi connectivity index (χ3n) is 4.36. The highest BCUT2D eigenvalue weighted by Gasteiger charge is 2.16. The summed E-state index contributed by atoms with van der Waals surface area (Å²) in [5, 5.41) is 4.70. The van der Waals surface area contributed by atoms with E-state index in [0.29, 0.717) is 13.2 Å². The molecule has 2 rings (SSSR count). The normalized spacial score (nSPS) is 10.1. The molecule has 0 aliphatic rings. The van der Waals surface area contributed by atoms with Crippen LogP contribution in [-0.4, -0.2) is 32.1 Å². The highest BCUT2D eigenvalue weighted by atomic mass is 16.5. The van der Waals surface area contributed by atoms with Gasteiger partial charge in [-0.15, -0.1) is 0 Å². The molecule has 0 atom stereocenters. The zero-order valence-electron chi connectivity index (χ0n) is 16.6. The highest BCUT2D eigenvalue weighted by Crippen LogP contribution is 2.25. The predicted molar refractivity (Wildman–Crippen MR) is 112 cm³/mol. The fraction of sp³-hybridized carbons (Fsp3) is 0.273. The topological polar surface area (TPSA) is 70.7 Å². The van der Waals surface area contributed by atoms with Gasteiger partial charge in [0.05, 0.1) is 6.54 Å². The van der Waals surface area contributed by atoms with Gasteiger partial charge in [-0.25, -0.2) is 4.79 Å². The third kappa shape index (κ3) is 5.87. The van der Waals surface area contributed by atoms with E-state index < -0.39 is 6.03 Å². The van der Waals surface area contributed by atoms with E-state index in [1.54, 1.807) is 6.08 Å². The summed E-state index contributed by atoms with van der Waals surface area (Å²) in [5.74, 6) is 0.352. The molecule has 3 amide bonds. The van der Waals surface area contributed by atoms with Crippen molar-refractivity contribution in [2.75, 3.05) is 25.1 Å². The maximum atomic E-state index is 12.3. The average molecular weight is 381 g/mol. The third-order valence-corrected chi connectivity index (χ3v) is 4.36. The van der Waals surface area contributed by atoms with Crippen LogP contribution in [0.2, 0.25) is 0 Å². The summed E-state index contributed by atoms with van der Waals surface area (Å²) in [4.78, 5) is 25.7. The fourth-order valence-corrected chi connectivity index (χ4v) is 2.69. The lowest BCUT2D eigenvalue weighted by Gasteiger charge is -2.26. The molecule has 0 aliphatic carbocycles. The van der Waals surface area contributed by atoms with Crippen molar-refractivity contribution in [3.05, 3.63) is 71.8 Å². The first-order valence-corrected chi connectivity index (χ1v) is 9.10. The molecule has 0 aliphatic heterocycles. The Morgan fingerprint density at radius 1 is 1.14 bits per heavy atom. The number of urea groups is 1. The summed E-state index contributed by atoms with van der Waals surface area (Å²) < 4.78 is 5.74. The number of carbonyl (C=O) groups is 2. The fourth-order valence-electron chi connectivity index (χ4n) is 2.69. The van der Waals surface area contributed by atoms with E-state index in [1.165, 1.54) is 12.6 Å². The molecule has 0 radical (unpaired) electrons. The molecule has 0 saturated heterocycles.